The lowest BCUT2D eigenvalue weighted by Gasteiger charge is -1.89. The largest absolute Gasteiger partial charge is 0.341 e. The van der Waals surface area contributed by atoms with Crippen LogP contribution in [0.2, 0.25) is 0 Å². The summed E-state index contributed by atoms with van der Waals surface area (Å²) in [5, 5.41) is 0. The number of aromatic amines is 1. The van der Waals surface area contributed by atoms with E-state index in [-0.39, 0.29) is 0 Å². The molecule has 5 heteroatoms. The standard InChI is InChI=1S/C8H5ClN4/c9-3-1-2-6-7-8(12-4-10-6)13-5-11-7/h4-5H,3H2,(H,10,11,12,13). The summed E-state index contributed by atoms with van der Waals surface area (Å²) in [6.07, 6.45) is 2.99. The lowest BCUT2D eigenvalue weighted by Crippen LogP contribution is -1.87. The summed E-state index contributed by atoms with van der Waals surface area (Å²) in [5.41, 5.74) is 2.00. The summed E-state index contributed by atoms with van der Waals surface area (Å²) >= 11 is 5.43. The highest BCUT2D eigenvalue weighted by molar-refractivity contribution is 6.19. The molecule has 4 nitrogen and oxygen atoms in total. The fourth-order valence-electron chi connectivity index (χ4n) is 0.977. The minimum absolute atomic E-state index is 0.291. The molecule has 0 saturated carbocycles. The van der Waals surface area contributed by atoms with Crippen LogP contribution in [0.4, 0.5) is 0 Å². The predicted molar refractivity (Wildman–Crippen MR) is 49.3 cm³/mol. The zero-order chi connectivity index (χ0) is 9.10. The van der Waals surface area contributed by atoms with E-state index in [0.29, 0.717) is 17.2 Å². The first-order valence-corrected chi connectivity index (χ1v) is 4.14. The Morgan fingerprint density at radius 1 is 1.38 bits per heavy atom. The van der Waals surface area contributed by atoms with Gasteiger partial charge in [-0.2, -0.15) is 0 Å². The van der Waals surface area contributed by atoms with E-state index in [1.54, 1.807) is 6.33 Å². The van der Waals surface area contributed by atoms with Gasteiger partial charge >= 0.3 is 0 Å². The Bertz CT molecular complexity index is 479. The first-order chi connectivity index (χ1) is 6.42. The van der Waals surface area contributed by atoms with Crippen LogP contribution in [0, 0.1) is 11.8 Å². The minimum Gasteiger partial charge on any atom is -0.341 e. The summed E-state index contributed by atoms with van der Waals surface area (Å²) in [6.45, 7) is 0. The molecule has 0 aliphatic rings. The number of rotatable bonds is 0. The molecule has 0 unspecified atom stereocenters. The van der Waals surface area contributed by atoms with Crippen molar-refractivity contribution in [2.75, 3.05) is 5.88 Å². The maximum atomic E-state index is 5.43. The molecule has 0 aliphatic heterocycles. The average Bonchev–Trinajstić information content (AvgIpc) is 2.62. The second kappa shape index (κ2) is 3.42. The van der Waals surface area contributed by atoms with E-state index in [4.69, 9.17) is 11.6 Å². The van der Waals surface area contributed by atoms with Crippen molar-refractivity contribution in [3.63, 3.8) is 0 Å². The third-order valence-electron chi connectivity index (χ3n) is 1.50. The third-order valence-corrected chi connectivity index (χ3v) is 1.63. The molecule has 1 N–H and O–H groups in total. The molecule has 0 radical (unpaired) electrons. The monoisotopic (exact) mass is 192 g/mol. The zero-order valence-corrected chi connectivity index (χ0v) is 7.34. The summed E-state index contributed by atoms with van der Waals surface area (Å²) in [5.74, 6) is 5.83. The van der Waals surface area contributed by atoms with Crippen molar-refractivity contribution in [2.24, 2.45) is 0 Å². The average molecular weight is 193 g/mol. The first-order valence-electron chi connectivity index (χ1n) is 3.60. The van der Waals surface area contributed by atoms with Gasteiger partial charge in [-0.15, -0.1) is 11.6 Å². The molecule has 0 amide bonds. The molecule has 2 aromatic heterocycles. The highest BCUT2D eigenvalue weighted by atomic mass is 35.5. The molecule has 0 spiro atoms. The number of nitrogens with zero attached hydrogens (tertiary/aromatic N) is 3. The molecule has 0 atom stereocenters. The Morgan fingerprint density at radius 3 is 3.15 bits per heavy atom. The molecule has 0 aromatic carbocycles. The van der Waals surface area contributed by atoms with E-state index < -0.39 is 0 Å². The van der Waals surface area contributed by atoms with E-state index in [9.17, 15) is 0 Å². The number of hydrogen-bond acceptors (Lipinski definition) is 3. The maximum Gasteiger partial charge on any atom is 0.181 e. The lowest BCUT2D eigenvalue weighted by atomic mass is 10.3. The minimum atomic E-state index is 0.291. The van der Waals surface area contributed by atoms with E-state index in [1.165, 1.54) is 6.33 Å². The molecule has 2 aromatic rings. The van der Waals surface area contributed by atoms with Crippen molar-refractivity contribution >= 4 is 22.8 Å². The van der Waals surface area contributed by atoms with Gasteiger partial charge in [0.2, 0.25) is 0 Å². The lowest BCUT2D eigenvalue weighted by molar-refractivity contribution is 1.18. The smallest absolute Gasteiger partial charge is 0.181 e. The van der Waals surface area contributed by atoms with Crippen LogP contribution in [0.3, 0.4) is 0 Å². The summed E-state index contributed by atoms with van der Waals surface area (Å²) in [7, 11) is 0. The highest BCUT2D eigenvalue weighted by Gasteiger charge is 2.01. The van der Waals surface area contributed by atoms with E-state index in [2.05, 4.69) is 31.8 Å². The van der Waals surface area contributed by atoms with Crippen LogP contribution in [0.5, 0.6) is 0 Å². The van der Waals surface area contributed by atoms with Gasteiger partial charge in [-0.1, -0.05) is 5.92 Å². The van der Waals surface area contributed by atoms with E-state index in [0.717, 1.165) is 5.52 Å². The van der Waals surface area contributed by atoms with Gasteiger partial charge in [0.05, 0.1) is 12.2 Å². The topological polar surface area (TPSA) is 54.5 Å². The zero-order valence-electron chi connectivity index (χ0n) is 6.58. The van der Waals surface area contributed by atoms with Crippen LogP contribution in [-0.4, -0.2) is 25.8 Å². The quantitative estimate of drug-likeness (QED) is 0.499. The van der Waals surface area contributed by atoms with Gasteiger partial charge in [-0.25, -0.2) is 15.0 Å². The van der Waals surface area contributed by atoms with Crippen LogP contribution in [-0.2, 0) is 0 Å². The molecular weight excluding hydrogens is 188 g/mol. The van der Waals surface area contributed by atoms with Gasteiger partial charge in [0.1, 0.15) is 17.5 Å². The summed E-state index contributed by atoms with van der Waals surface area (Å²) in [6, 6.07) is 0. The molecule has 0 bridgehead atoms. The number of hydrogen-bond donors (Lipinski definition) is 1. The predicted octanol–water partition coefficient (Wildman–Crippen LogP) is 0.943. The third kappa shape index (κ3) is 1.46. The Hall–Kier alpha value is -1.60. The van der Waals surface area contributed by atoms with Gasteiger partial charge < -0.3 is 4.98 Å². The molecular formula is C8H5ClN4. The maximum absolute atomic E-state index is 5.43. The number of aromatic nitrogens is 4. The van der Waals surface area contributed by atoms with Crippen molar-refractivity contribution in [1.29, 1.82) is 0 Å². The molecule has 0 fully saturated rings. The highest BCUT2D eigenvalue weighted by Crippen LogP contribution is 2.07. The summed E-state index contributed by atoms with van der Waals surface area (Å²) < 4.78 is 0. The second-order valence-corrected chi connectivity index (χ2v) is 2.53. The van der Waals surface area contributed by atoms with Crippen molar-refractivity contribution in [1.82, 2.24) is 19.9 Å². The van der Waals surface area contributed by atoms with E-state index >= 15 is 0 Å². The molecule has 2 heterocycles. The van der Waals surface area contributed by atoms with Gasteiger partial charge in [0, 0.05) is 0 Å². The fourth-order valence-corrected chi connectivity index (χ4v) is 1.04. The van der Waals surface area contributed by atoms with Crippen molar-refractivity contribution < 1.29 is 0 Å². The van der Waals surface area contributed by atoms with Gasteiger partial charge in [0.15, 0.2) is 5.65 Å². The number of nitrogens with one attached hydrogen (secondary N) is 1. The number of imidazole rings is 1. The normalized spacial score (nSPS) is 9.62. The van der Waals surface area contributed by atoms with Gasteiger partial charge in [-0.3, -0.25) is 0 Å². The first kappa shape index (κ1) is 8.02. The van der Waals surface area contributed by atoms with Crippen LogP contribution in [0.25, 0.3) is 11.2 Å². The Kier molecular flexibility index (Phi) is 2.11. The Labute approximate surface area is 79.4 Å². The number of halogens is 1. The Balaban J connectivity index is 2.61. The van der Waals surface area contributed by atoms with E-state index in [1.807, 2.05) is 0 Å². The Morgan fingerprint density at radius 2 is 2.31 bits per heavy atom. The number of fused-ring (bicyclic) bond motifs is 1. The molecule has 0 aliphatic carbocycles. The van der Waals surface area contributed by atoms with Crippen LogP contribution < -0.4 is 0 Å². The fraction of sp³-hybridized carbons (Fsp3) is 0.125. The number of alkyl halides is 1. The SMILES string of the molecule is ClCC#Cc1ncnc2nc[nH]c12. The van der Waals surface area contributed by atoms with Crippen molar-refractivity contribution in [3.8, 4) is 11.8 Å². The molecule has 64 valence electrons. The van der Waals surface area contributed by atoms with Crippen LogP contribution >= 0.6 is 11.6 Å². The van der Waals surface area contributed by atoms with Crippen molar-refractivity contribution in [2.45, 2.75) is 0 Å². The van der Waals surface area contributed by atoms with Gasteiger partial charge in [-0.05, 0) is 5.92 Å². The van der Waals surface area contributed by atoms with Crippen molar-refractivity contribution in [3.05, 3.63) is 18.3 Å². The second-order valence-electron chi connectivity index (χ2n) is 2.26. The molecule has 0 saturated heterocycles. The molecule has 13 heavy (non-hydrogen) atoms. The van der Waals surface area contributed by atoms with Crippen LogP contribution in [0.1, 0.15) is 5.69 Å². The van der Waals surface area contributed by atoms with Gasteiger partial charge in [0.25, 0.3) is 0 Å². The summed E-state index contributed by atoms with van der Waals surface area (Å²) in [4.78, 5) is 14.9. The number of H-pyrrole nitrogens is 1. The molecule has 2 rings (SSSR count). The van der Waals surface area contributed by atoms with Crippen LogP contribution in [0.15, 0.2) is 12.7 Å².